The molecule has 1 N–H and O–H groups in total. The summed E-state index contributed by atoms with van der Waals surface area (Å²) < 4.78 is 21.5. The molecule has 0 saturated heterocycles. The van der Waals surface area contributed by atoms with Crippen LogP contribution < -0.4 is 19.5 Å². The number of carbonyl (C=O) groups is 2. The highest BCUT2D eigenvalue weighted by Crippen LogP contribution is 2.29. The van der Waals surface area contributed by atoms with Gasteiger partial charge in [-0.05, 0) is 67.1 Å². The Morgan fingerprint density at radius 3 is 2.34 bits per heavy atom. The summed E-state index contributed by atoms with van der Waals surface area (Å²) in [5, 5.41) is 11.9. The van der Waals surface area contributed by atoms with Gasteiger partial charge in [0.2, 0.25) is 0 Å². The van der Waals surface area contributed by atoms with E-state index >= 15 is 0 Å². The number of hydrogen-bond donors (Lipinski definition) is 1. The molecule has 3 rings (SSSR count). The molecule has 8 heteroatoms. The Hall–Kier alpha value is -4.77. The molecule has 0 aliphatic heterocycles. The van der Waals surface area contributed by atoms with Crippen molar-refractivity contribution < 1.29 is 28.5 Å². The average molecular weight is 472 g/mol. The number of amides is 1. The Kier molecular flexibility index (Phi) is 8.85. The molecule has 0 atom stereocenters. The average Bonchev–Trinajstić information content (AvgIpc) is 2.88. The SMILES string of the molecule is CCOC(=O)C(C#N)=Cc1ccc(OCC(=O)Nc2ccc(Oc3ccccc3)cc2)c(OC)c1. The molecule has 178 valence electrons. The van der Waals surface area contributed by atoms with Gasteiger partial charge in [-0.1, -0.05) is 24.3 Å². The Bertz CT molecular complexity index is 1230. The molecule has 0 heterocycles. The van der Waals surface area contributed by atoms with Crippen molar-refractivity contribution in [3.63, 3.8) is 0 Å². The van der Waals surface area contributed by atoms with Gasteiger partial charge in [0.25, 0.3) is 5.91 Å². The van der Waals surface area contributed by atoms with Gasteiger partial charge in [0.05, 0.1) is 13.7 Å². The van der Waals surface area contributed by atoms with Gasteiger partial charge in [-0.25, -0.2) is 4.79 Å². The fourth-order valence-electron chi connectivity index (χ4n) is 2.98. The standard InChI is InChI=1S/C27H24N2O6/c1-3-33-27(31)20(17-28)15-19-9-14-24(25(16-19)32-2)34-18-26(30)29-21-10-12-23(13-11-21)35-22-7-5-4-6-8-22/h4-16H,3,18H2,1-2H3,(H,29,30). The van der Waals surface area contributed by atoms with Gasteiger partial charge in [-0.3, -0.25) is 4.79 Å². The third kappa shape index (κ3) is 7.37. The third-order valence-electron chi connectivity index (χ3n) is 4.59. The molecule has 0 fully saturated rings. The molecule has 0 aliphatic rings. The topological polar surface area (TPSA) is 107 Å². The van der Waals surface area contributed by atoms with Crippen LogP contribution in [0.5, 0.6) is 23.0 Å². The minimum absolute atomic E-state index is 0.137. The molecule has 0 saturated carbocycles. The Morgan fingerprint density at radius 1 is 0.971 bits per heavy atom. The maximum Gasteiger partial charge on any atom is 0.348 e. The van der Waals surface area contributed by atoms with E-state index < -0.39 is 5.97 Å². The molecule has 0 spiro atoms. The summed E-state index contributed by atoms with van der Waals surface area (Å²) in [7, 11) is 1.45. The smallest absolute Gasteiger partial charge is 0.348 e. The number of nitrogens with zero attached hydrogens (tertiary/aromatic N) is 1. The van der Waals surface area contributed by atoms with Gasteiger partial charge in [-0.15, -0.1) is 0 Å². The van der Waals surface area contributed by atoms with Crippen LogP contribution in [0.15, 0.2) is 78.4 Å². The number of anilines is 1. The maximum absolute atomic E-state index is 12.3. The first-order valence-electron chi connectivity index (χ1n) is 10.7. The molecular weight excluding hydrogens is 448 g/mol. The van der Waals surface area contributed by atoms with Crippen molar-refractivity contribution in [2.24, 2.45) is 0 Å². The zero-order valence-electron chi connectivity index (χ0n) is 19.3. The Morgan fingerprint density at radius 2 is 1.69 bits per heavy atom. The lowest BCUT2D eigenvalue weighted by Crippen LogP contribution is -2.20. The minimum Gasteiger partial charge on any atom is -0.493 e. The van der Waals surface area contributed by atoms with Crippen molar-refractivity contribution in [3.05, 3.63) is 83.9 Å². The lowest BCUT2D eigenvalue weighted by molar-refractivity contribution is -0.137. The van der Waals surface area contributed by atoms with E-state index in [0.717, 1.165) is 5.75 Å². The number of nitrogens with one attached hydrogen (secondary N) is 1. The molecular formula is C27H24N2O6. The van der Waals surface area contributed by atoms with E-state index in [1.807, 2.05) is 36.4 Å². The summed E-state index contributed by atoms with van der Waals surface area (Å²) >= 11 is 0. The molecule has 1 amide bonds. The predicted octanol–water partition coefficient (Wildman–Crippen LogP) is 4.98. The minimum atomic E-state index is -0.703. The number of esters is 1. The fraction of sp³-hybridized carbons (Fsp3) is 0.148. The van der Waals surface area contributed by atoms with Crippen LogP contribution in [0.2, 0.25) is 0 Å². The lowest BCUT2D eigenvalue weighted by Gasteiger charge is -2.12. The zero-order chi connectivity index (χ0) is 25.0. The predicted molar refractivity (Wildman–Crippen MR) is 130 cm³/mol. The van der Waals surface area contributed by atoms with Gasteiger partial charge < -0.3 is 24.3 Å². The molecule has 0 unspecified atom stereocenters. The van der Waals surface area contributed by atoms with Crippen LogP contribution in [-0.2, 0) is 14.3 Å². The van der Waals surface area contributed by atoms with Crippen LogP contribution in [0.3, 0.4) is 0 Å². The highest BCUT2D eigenvalue weighted by Gasteiger charge is 2.12. The van der Waals surface area contributed by atoms with Gasteiger partial charge in [0.1, 0.15) is 23.1 Å². The molecule has 3 aromatic carbocycles. The number of carbonyl (C=O) groups excluding carboxylic acids is 2. The number of ether oxygens (including phenoxy) is 4. The van der Waals surface area contributed by atoms with Crippen LogP contribution in [0, 0.1) is 11.3 Å². The highest BCUT2D eigenvalue weighted by molar-refractivity contribution is 5.98. The molecule has 35 heavy (non-hydrogen) atoms. The first-order valence-corrected chi connectivity index (χ1v) is 10.7. The fourth-order valence-corrected chi connectivity index (χ4v) is 2.98. The number of rotatable bonds is 10. The van der Waals surface area contributed by atoms with Gasteiger partial charge >= 0.3 is 5.97 Å². The van der Waals surface area contributed by atoms with E-state index in [9.17, 15) is 14.9 Å². The summed E-state index contributed by atoms with van der Waals surface area (Å²) in [6, 6.07) is 23.0. The largest absolute Gasteiger partial charge is 0.493 e. The molecule has 3 aromatic rings. The second-order valence-electron chi connectivity index (χ2n) is 7.08. The van der Waals surface area contributed by atoms with E-state index in [1.54, 1.807) is 49.4 Å². The van der Waals surface area contributed by atoms with Crippen LogP contribution >= 0.6 is 0 Å². The maximum atomic E-state index is 12.3. The molecule has 0 radical (unpaired) electrons. The van der Waals surface area contributed by atoms with Gasteiger partial charge in [0.15, 0.2) is 18.1 Å². The highest BCUT2D eigenvalue weighted by atomic mass is 16.5. The van der Waals surface area contributed by atoms with Crippen LogP contribution in [0.25, 0.3) is 6.08 Å². The number of nitriles is 1. The van der Waals surface area contributed by atoms with Crippen molar-refractivity contribution in [2.75, 3.05) is 25.6 Å². The van der Waals surface area contributed by atoms with Crippen LogP contribution in [-0.4, -0.2) is 32.2 Å². The number of para-hydroxylation sites is 1. The normalized spacial score (nSPS) is 10.6. The first kappa shape index (κ1) is 24.9. The number of benzene rings is 3. The summed E-state index contributed by atoms with van der Waals surface area (Å²) in [5.41, 5.74) is 0.998. The molecule has 0 aromatic heterocycles. The number of hydrogen-bond acceptors (Lipinski definition) is 7. The van der Waals surface area contributed by atoms with E-state index in [0.29, 0.717) is 28.5 Å². The van der Waals surface area contributed by atoms with E-state index in [1.165, 1.54) is 13.2 Å². The summed E-state index contributed by atoms with van der Waals surface area (Å²) in [6.07, 6.45) is 1.39. The van der Waals surface area contributed by atoms with E-state index in [4.69, 9.17) is 18.9 Å². The monoisotopic (exact) mass is 472 g/mol. The van der Waals surface area contributed by atoms with Crippen molar-refractivity contribution in [1.82, 2.24) is 0 Å². The lowest BCUT2D eigenvalue weighted by atomic mass is 10.1. The molecule has 0 bridgehead atoms. The van der Waals surface area contributed by atoms with Crippen LogP contribution in [0.4, 0.5) is 5.69 Å². The van der Waals surface area contributed by atoms with Crippen molar-refractivity contribution in [1.29, 1.82) is 5.26 Å². The van der Waals surface area contributed by atoms with Crippen molar-refractivity contribution in [2.45, 2.75) is 6.92 Å². The third-order valence-corrected chi connectivity index (χ3v) is 4.59. The second-order valence-corrected chi connectivity index (χ2v) is 7.08. The first-order chi connectivity index (χ1) is 17.0. The van der Waals surface area contributed by atoms with Crippen molar-refractivity contribution >= 4 is 23.6 Å². The summed E-state index contributed by atoms with van der Waals surface area (Å²) in [5.74, 6) is 0.980. The Balaban J connectivity index is 1.58. The molecule has 0 aliphatic carbocycles. The van der Waals surface area contributed by atoms with E-state index in [2.05, 4.69) is 5.32 Å². The second kappa shape index (κ2) is 12.5. The number of methoxy groups -OCH3 is 1. The Labute approximate surface area is 203 Å². The van der Waals surface area contributed by atoms with Gasteiger partial charge in [-0.2, -0.15) is 5.26 Å². The van der Waals surface area contributed by atoms with Crippen LogP contribution in [0.1, 0.15) is 12.5 Å². The molecule has 8 nitrogen and oxygen atoms in total. The quantitative estimate of drug-likeness (QED) is 0.252. The summed E-state index contributed by atoms with van der Waals surface area (Å²) in [6.45, 7) is 1.58. The van der Waals surface area contributed by atoms with E-state index in [-0.39, 0.29) is 24.7 Å². The zero-order valence-corrected chi connectivity index (χ0v) is 19.3. The van der Waals surface area contributed by atoms with Crippen molar-refractivity contribution in [3.8, 4) is 29.1 Å². The van der Waals surface area contributed by atoms with Gasteiger partial charge in [0, 0.05) is 5.69 Å². The summed E-state index contributed by atoms with van der Waals surface area (Å²) in [4.78, 5) is 24.2.